The summed E-state index contributed by atoms with van der Waals surface area (Å²) in [6, 6.07) is 12.5. The highest BCUT2D eigenvalue weighted by Crippen LogP contribution is 2.22. The minimum absolute atomic E-state index is 0.333. The second-order valence-electron chi connectivity index (χ2n) is 4.67. The van der Waals surface area contributed by atoms with Crippen LogP contribution in [0.25, 0.3) is 0 Å². The van der Waals surface area contributed by atoms with Crippen LogP contribution in [0.2, 0.25) is 0 Å². The van der Waals surface area contributed by atoms with Crippen molar-refractivity contribution in [2.45, 2.75) is 25.7 Å². The number of nitrogens with one attached hydrogen (secondary N) is 1. The Morgan fingerprint density at radius 3 is 2.05 bits per heavy atom. The van der Waals surface area contributed by atoms with Gasteiger partial charge in [-0.3, -0.25) is 4.72 Å². The van der Waals surface area contributed by atoms with Crippen molar-refractivity contribution in [2.75, 3.05) is 4.72 Å². The molecule has 0 amide bonds. The maximum Gasteiger partial charge on any atom is 0.262 e. The van der Waals surface area contributed by atoms with Crippen LogP contribution in [-0.2, 0) is 10.0 Å². The molecule has 100 valence electrons. The third kappa shape index (κ3) is 2.96. The summed E-state index contributed by atoms with van der Waals surface area (Å²) >= 11 is 0. The lowest BCUT2D eigenvalue weighted by atomic mass is 10.1. The molecule has 19 heavy (non-hydrogen) atoms. The number of benzene rings is 2. The van der Waals surface area contributed by atoms with Crippen molar-refractivity contribution >= 4 is 15.7 Å². The minimum atomic E-state index is -3.53. The van der Waals surface area contributed by atoms with Crippen LogP contribution in [0.3, 0.4) is 0 Å². The number of aryl methyl sites for hydroxylation is 3. The van der Waals surface area contributed by atoms with Gasteiger partial charge in [0, 0.05) is 5.69 Å². The van der Waals surface area contributed by atoms with Gasteiger partial charge >= 0.3 is 0 Å². The maximum absolute atomic E-state index is 12.4. The largest absolute Gasteiger partial charge is 0.280 e. The van der Waals surface area contributed by atoms with E-state index in [9.17, 15) is 8.42 Å². The number of rotatable bonds is 3. The molecule has 0 aromatic heterocycles. The highest BCUT2D eigenvalue weighted by atomic mass is 32.2. The highest BCUT2D eigenvalue weighted by Gasteiger charge is 2.17. The molecule has 1 N–H and O–H groups in total. The lowest BCUT2D eigenvalue weighted by molar-refractivity contribution is 0.600. The van der Waals surface area contributed by atoms with E-state index >= 15 is 0 Å². The lowest BCUT2D eigenvalue weighted by Crippen LogP contribution is -2.14. The van der Waals surface area contributed by atoms with E-state index in [0.29, 0.717) is 10.6 Å². The van der Waals surface area contributed by atoms with E-state index in [0.717, 1.165) is 16.7 Å². The fourth-order valence-electron chi connectivity index (χ4n) is 1.94. The van der Waals surface area contributed by atoms with E-state index < -0.39 is 10.0 Å². The highest BCUT2D eigenvalue weighted by molar-refractivity contribution is 7.92. The standard InChI is InChI=1S/C15H17NO2S/c1-11-9-13(3)15(10-12(11)2)19(17,18)16-14-7-5-4-6-8-14/h4-10,16H,1-3H3. The molecule has 0 aliphatic carbocycles. The molecule has 0 saturated heterocycles. The van der Waals surface area contributed by atoms with Gasteiger partial charge in [-0.25, -0.2) is 8.42 Å². The maximum atomic E-state index is 12.4. The van der Waals surface area contributed by atoms with Crippen LogP contribution >= 0.6 is 0 Å². The Labute approximate surface area is 114 Å². The molecule has 3 nitrogen and oxygen atoms in total. The Kier molecular flexibility index (Phi) is 3.62. The number of para-hydroxylation sites is 1. The molecule has 0 heterocycles. The first-order valence-electron chi connectivity index (χ1n) is 6.06. The first-order valence-corrected chi connectivity index (χ1v) is 7.54. The van der Waals surface area contributed by atoms with Crippen molar-refractivity contribution in [1.29, 1.82) is 0 Å². The lowest BCUT2D eigenvalue weighted by Gasteiger charge is -2.12. The second-order valence-corrected chi connectivity index (χ2v) is 6.32. The van der Waals surface area contributed by atoms with Crippen molar-refractivity contribution < 1.29 is 8.42 Å². The van der Waals surface area contributed by atoms with E-state index in [-0.39, 0.29) is 0 Å². The van der Waals surface area contributed by atoms with Gasteiger partial charge in [0.1, 0.15) is 0 Å². The quantitative estimate of drug-likeness (QED) is 0.933. The van der Waals surface area contributed by atoms with Crippen LogP contribution in [-0.4, -0.2) is 8.42 Å². The summed E-state index contributed by atoms with van der Waals surface area (Å²) < 4.78 is 27.3. The zero-order chi connectivity index (χ0) is 14.0. The van der Waals surface area contributed by atoms with Crippen LogP contribution < -0.4 is 4.72 Å². The van der Waals surface area contributed by atoms with Crippen LogP contribution in [0.1, 0.15) is 16.7 Å². The molecular formula is C15H17NO2S. The number of anilines is 1. The SMILES string of the molecule is Cc1cc(C)c(S(=O)(=O)Nc2ccccc2)cc1C. The zero-order valence-corrected chi connectivity index (χ0v) is 12.1. The van der Waals surface area contributed by atoms with E-state index in [1.54, 1.807) is 30.3 Å². The van der Waals surface area contributed by atoms with Gasteiger partial charge in [-0.05, 0) is 55.7 Å². The molecule has 2 aromatic carbocycles. The summed E-state index contributed by atoms with van der Waals surface area (Å²) in [6.07, 6.45) is 0. The molecule has 0 unspecified atom stereocenters. The van der Waals surface area contributed by atoms with E-state index in [2.05, 4.69) is 4.72 Å². The van der Waals surface area contributed by atoms with Gasteiger partial charge in [0.25, 0.3) is 10.0 Å². The summed E-state index contributed by atoms with van der Waals surface area (Å²) in [7, 11) is -3.53. The summed E-state index contributed by atoms with van der Waals surface area (Å²) in [6.45, 7) is 5.70. The van der Waals surface area contributed by atoms with Crippen LogP contribution in [0, 0.1) is 20.8 Å². The van der Waals surface area contributed by atoms with Gasteiger partial charge in [0.15, 0.2) is 0 Å². The van der Waals surface area contributed by atoms with Crippen molar-refractivity contribution in [3.63, 3.8) is 0 Å². The van der Waals surface area contributed by atoms with Gasteiger partial charge in [0.05, 0.1) is 4.90 Å². The molecule has 0 saturated carbocycles. The van der Waals surface area contributed by atoms with Gasteiger partial charge in [-0.1, -0.05) is 24.3 Å². The van der Waals surface area contributed by atoms with Crippen LogP contribution in [0.15, 0.2) is 47.4 Å². The molecular weight excluding hydrogens is 258 g/mol. The molecule has 2 rings (SSSR count). The third-order valence-electron chi connectivity index (χ3n) is 3.11. The molecule has 0 radical (unpaired) electrons. The normalized spacial score (nSPS) is 11.3. The Morgan fingerprint density at radius 1 is 0.842 bits per heavy atom. The number of hydrogen-bond donors (Lipinski definition) is 1. The molecule has 2 aromatic rings. The van der Waals surface area contributed by atoms with Crippen molar-refractivity contribution in [2.24, 2.45) is 0 Å². The predicted octanol–water partition coefficient (Wildman–Crippen LogP) is 3.41. The Balaban J connectivity index is 2.43. The fraction of sp³-hybridized carbons (Fsp3) is 0.200. The molecule has 0 atom stereocenters. The summed E-state index contributed by atoms with van der Waals surface area (Å²) in [4.78, 5) is 0.333. The molecule has 0 fully saturated rings. The van der Waals surface area contributed by atoms with Crippen molar-refractivity contribution in [3.05, 3.63) is 59.2 Å². The first-order chi connectivity index (χ1) is 8.90. The molecule has 0 spiro atoms. The Bertz CT molecular complexity index is 692. The van der Waals surface area contributed by atoms with E-state index in [4.69, 9.17) is 0 Å². The molecule has 4 heteroatoms. The van der Waals surface area contributed by atoms with Crippen molar-refractivity contribution in [1.82, 2.24) is 0 Å². The van der Waals surface area contributed by atoms with E-state index in [1.165, 1.54) is 0 Å². The predicted molar refractivity (Wildman–Crippen MR) is 77.9 cm³/mol. The topological polar surface area (TPSA) is 46.2 Å². The summed E-state index contributed by atoms with van der Waals surface area (Å²) in [5, 5.41) is 0. The molecule has 0 aliphatic rings. The average Bonchev–Trinajstić information content (AvgIpc) is 2.34. The summed E-state index contributed by atoms with van der Waals surface area (Å²) in [5.74, 6) is 0. The monoisotopic (exact) mass is 275 g/mol. The van der Waals surface area contributed by atoms with Crippen LogP contribution in [0.4, 0.5) is 5.69 Å². The number of hydrogen-bond acceptors (Lipinski definition) is 2. The average molecular weight is 275 g/mol. The van der Waals surface area contributed by atoms with Gasteiger partial charge in [-0.2, -0.15) is 0 Å². The molecule has 0 bridgehead atoms. The molecule has 0 aliphatic heterocycles. The van der Waals surface area contributed by atoms with Crippen molar-refractivity contribution in [3.8, 4) is 0 Å². The second kappa shape index (κ2) is 5.05. The zero-order valence-electron chi connectivity index (χ0n) is 11.3. The van der Waals surface area contributed by atoms with Gasteiger partial charge < -0.3 is 0 Å². The first kappa shape index (κ1) is 13.6. The third-order valence-corrected chi connectivity index (χ3v) is 4.63. The van der Waals surface area contributed by atoms with Gasteiger partial charge in [0.2, 0.25) is 0 Å². The van der Waals surface area contributed by atoms with Crippen LogP contribution in [0.5, 0.6) is 0 Å². The number of sulfonamides is 1. The smallest absolute Gasteiger partial charge is 0.262 e. The Morgan fingerprint density at radius 2 is 1.42 bits per heavy atom. The fourth-order valence-corrected chi connectivity index (χ4v) is 3.31. The minimum Gasteiger partial charge on any atom is -0.280 e. The van der Waals surface area contributed by atoms with Gasteiger partial charge in [-0.15, -0.1) is 0 Å². The van der Waals surface area contributed by atoms with E-state index in [1.807, 2.05) is 32.9 Å². The summed E-state index contributed by atoms with van der Waals surface area (Å²) in [5.41, 5.74) is 3.39. The Hall–Kier alpha value is -1.81.